The Morgan fingerprint density at radius 2 is 1.48 bits per heavy atom. The number of rotatable bonds is 5. The van der Waals surface area contributed by atoms with Crippen LogP contribution < -0.4 is 9.47 Å². The molecule has 0 spiro atoms. The van der Waals surface area contributed by atoms with Crippen LogP contribution in [0.4, 0.5) is 26.3 Å². The molecule has 3 aromatic rings. The van der Waals surface area contributed by atoms with Gasteiger partial charge in [-0.2, -0.15) is 36.3 Å². The molecule has 4 nitrogen and oxygen atoms in total. The van der Waals surface area contributed by atoms with Gasteiger partial charge in [0.2, 0.25) is 5.88 Å². The smallest absolute Gasteiger partial charge is 0.433 e. The van der Waals surface area contributed by atoms with E-state index in [0.29, 0.717) is 17.7 Å². The first kappa shape index (κ1) is 20.4. The van der Waals surface area contributed by atoms with Gasteiger partial charge in [-0.15, -0.1) is 0 Å². The number of hydrogen-bond donors (Lipinski definition) is 0. The molecule has 0 atom stereocenters. The molecule has 2 aromatic carbocycles. The Balaban J connectivity index is 1.87. The predicted octanol–water partition coefficient (Wildman–Crippen LogP) is 5.89. The Morgan fingerprint density at radius 1 is 0.759 bits per heavy atom. The number of alkyl halides is 6. The van der Waals surface area contributed by atoms with Crippen molar-refractivity contribution in [3.8, 4) is 17.6 Å². The van der Waals surface area contributed by atoms with E-state index in [2.05, 4.69) is 9.97 Å². The molecular formula is C19H12F6N2O2. The van der Waals surface area contributed by atoms with Gasteiger partial charge in [-0.1, -0.05) is 36.4 Å². The largest absolute Gasteiger partial charge is 0.473 e. The molecule has 10 heteroatoms. The molecule has 0 saturated heterocycles. The first-order valence-electron chi connectivity index (χ1n) is 8.09. The molecule has 0 bridgehead atoms. The van der Waals surface area contributed by atoms with Gasteiger partial charge in [0.25, 0.3) is 0 Å². The van der Waals surface area contributed by atoms with Crippen molar-refractivity contribution in [2.75, 3.05) is 0 Å². The zero-order valence-corrected chi connectivity index (χ0v) is 14.5. The summed E-state index contributed by atoms with van der Waals surface area (Å²) in [6, 6.07) is 12.0. The summed E-state index contributed by atoms with van der Waals surface area (Å²) >= 11 is 0. The lowest BCUT2D eigenvalue weighted by Gasteiger charge is -2.12. The molecule has 152 valence electrons. The molecule has 0 aliphatic rings. The summed E-state index contributed by atoms with van der Waals surface area (Å²) in [5, 5.41) is 0. The SMILES string of the molecule is FC(F)(F)c1cccc(Oc2nc(OCc3ccccc3)cc(C(F)(F)F)n2)c1. The van der Waals surface area contributed by atoms with Crippen LogP contribution in [-0.2, 0) is 19.0 Å². The molecule has 0 saturated carbocycles. The second kappa shape index (κ2) is 7.98. The first-order valence-corrected chi connectivity index (χ1v) is 8.09. The highest BCUT2D eigenvalue weighted by atomic mass is 19.4. The maximum absolute atomic E-state index is 13.1. The summed E-state index contributed by atoms with van der Waals surface area (Å²) in [7, 11) is 0. The molecule has 0 aliphatic heterocycles. The number of hydrogen-bond acceptors (Lipinski definition) is 4. The molecular weight excluding hydrogens is 402 g/mol. The monoisotopic (exact) mass is 414 g/mol. The third-order valence-corrected chi connectivity index (χ3v) is 3.57. The molecule has 0 N–H and O–H groups in total. The quantitative estimate of drug-likeness (QED) is 0.489. The van der Waals surface area contributed by atoms with Crippen LogP contribution >= 0.6 is 0 Å². The molecule has 3 rings (SSSR count). The topological polar surface area (TPSA) is 44.2 Å². The second-order valence-electron chi connectivity index (χ2n) is 5.77. The minimum atomic E-state index is -4.83. The lowest BCUT2D eigenvalue weighted by molar-refractivity contribution is -0.141. The van der Waals surface area contributed by atoms with Gasteiger partial charge in [0.1, 0.15) is 12.4 Å². The lowest BCUT2D eigenvalue weighted by atomic mass is 10.2. The number of halogens is 6. The normalized spacial score (nSPS) is 11.9. The average Bonchev–Trinajstić information content (AvgIpc) is 2.66. The maximum Gasteiger partial charge on any atom is 0.433 e. The zero-order valence-electron chi connectivity index (χ0n) is 14.5. The van der Waals surface area contributed by atoms with E-state index in [1.807, 2.05) is 0 Å². The molecule has 0 unspecified atom stereocenters. The van der Waals surface area contributed by atoms with Crippen LogP contribution in [0.5, 0.6) is 17.6 Å². The Kier molecular flexibility index (Phi) is 5.62. The highest BCUT2D eigenvalue weighted by Gasteiger charge is 2.35. The maximum atomic E-state index is 13.1. The van der Waals surface area contributed by atoms with Gasteiger partial charge >= 0.3 is 18.4 Å². The lowest BCUT2D eigenvalue weighted by Crippen LogP contribution is -2.11. The van der Waals surface area contributed by atoms with Crippen molar-refractivity contribution in [3.05, 3.63) is 77.5 Å². The van der Waals surface area contributed by atoms with E-state index in [0.717, 1.165) is 18.2 Å². The Hall–Kier alpha value is -3.30. The van der Waals surface area contributed by atoms with E-state index < -0.39 is 35.5 Å². The molecule has 1 heterocycles. The van der Waals surface area contributed by atoms with Gasteiger partial charge in [-0.3, -0.25) is 0 Å². The highest BCUT2D eigenvalue weighted by Crippen LogP contribution is 2.34. The second-order valence-corrected chi connectivity index (χ2v) is 5.77. The summed E-state index contributed by atoms with van der Waals surface area (Å²) in [6.07, 6.45) is -9.47. The van der Waals surface area contributed by atoms with Crippen LogP contribution in [0.25, 0.3) is 0 Å². The fraction of sp³-hybridized carbons (Fsp3) is 0.158. The third-order valence-electron chi connectivity index (χ3n) is 3.57. The predicted molar refractivity (Wildman–Crippen MR) is 89.3 cm³/mol. The molecule has 0 amide bonds. The van der Waals surface area contributed by atoms with E-state index in [1.54, 1.807) is 30.3 Å². The van der Waals surface area contributed by atoms with Gasteiger partial charge in [0.05, 0.1) is 5.56 Å². The van der Waals surface area contributed by atoms with Crippen molar-refractivity contribution in [2.24, 2.45) is 0 Å². The standard InChI is InChI=1S/C19H12F6N2O2/c20-18(21,22)13-7-4-8-14(9-13)29-17-26-15(19(23,24)25)10-16(27-17)28-11-12-5-2-1-3-6-12/h1-10H,11H2. The van der Waals surface area contributed by atoms with Gasteiger partial charge in [-0.25, -0.2) is 0 Å². The Labute approximate surface area is 160 Å². The van der Waals surface area contributed by atoms with E-state index in [4.69, 9.17) is 9.47 Å². The number of ether oxygens (including phenoxy) is 2. The number of benzene rings is 2. The van der Waals surface area contributed by atoms with Gasteiger partial charge < -0.3 is 9.47 Å². The van der Waals surface area contributed by atoms with Crippen LogP contribution in [0, 0.1) is 0 Å². The molecule has 0 radical (unpaired) electrons. The summed E-state index contributed by atoms with van der Waals surface area (Å²) < 4.78 is 88.1. The van der Waals surface area contributed by atoms with E-state index in [-0.39, 0.29) is 12.4 Å². The van der Waals surface area contributed by atoms with E-state index in [9.17, 15) is 26.3 Å². The van der Waals surface area contributed by atoms with Gasteiger partial charge in [0, 0.05) is 6.07 Å². The molecule has 1 aromatic heterocycles. The minimum absolute atomic E-state index is 0.0713. The Bertz CT molecular complexity index is 974. The van der Waals surface area contributed by atoms with Crippen molar-refractivity contribution in [2.45, 2.75) is 19.0 Å². The summed E-state index contributed by atoms with van der Waals surface area (Å²) in [6.45, 7) is -0.0713. The van der Waals surface area contributed by atoms with Crippen molar-refractivity contribution < 1.29 is 35.8 Å². The average molecular weight is 414 g/mol. The third kappa shape index (κ3) is 5.59. The minimum Gasteiger partial charge on any atom is -0.473 e. The van der Waals surface area contributed by atoms with Crippen LogP contribution in [0.1, 0.15) is 16.8 Å². The fourth-order valence-electron chi connectivity index (χ4n) is 2.24. The van der Waals surface area contributed by atoms with Crippen LogP contribution in [0.3, 0.4) is 0 Å². The molecule has 29 heavy (non-hydrogen) atoms. The van der Waals surface area contributed by atoms with Gasteiger partial charge in [0.15, 0.2) is 5.69 Å². The van der Waals surface area contributed by atoms with Crippen LogP contribution in [-0.4, -0.2) is 9.97 Å². The number of nitrogens with zero attached hydrogens (tertiary/aromatic N) is 2. The van der Waals surface area contributed by atoms with Crippen molar-refractivity contribution in [3.63, 3.8) is 0 Å². The summed E-state index contributed by atoms with van der Waals surface area (Å²) in [4.78, 5) is 6.94. The first-order chi connectivity index (χ1) is 13.6. The fourth-order valence-corrected chi connectivity index (χ4v) is 2.24. The number of aromatic nitrogens is 2. The Morgan fingerprint density at radius 3 is 2.14 bits per heavy atom. The van der Waals surface area contributed by atoms with Crippen LogP contribution in [0.15, 0.2) is 60.7 Å². The van der Waals surface area contributed by atoms with E-state index >= 15 is 0 Å². The van der Waals surface area contributed by atoms with Crippen LogP contribution in [0.2, 0.25) is 0 Å². The van der Waals surface area contributed by atoms with Crippen molar-refractivity contribution in [1.29, 1.82) is 0 Å². The molecule has 0 fully saturated rings. The van der Waals surface area contributed by atoms with Crippen molar-refractivity contribution in [1.82, 2.24) is 9.97 Å². The zero-order chi connectivity index (χ0) is 21.1. The van der Waals surface area contributed by atoms with E-state index in [1.165, 1.54) is 0 Å². The summed E-state index contributed by atoms with van der Waals surface area (Å²) in [5.41, 5.74) is -1.69. The molecule has 0 aliphatic carbocycles. The highest BCUT2D eigenvalue weighted by molar-refractivity contribution is 5.33. The van der Waals surface area contributed by atoms with Crippen molar-refractivity contribution >= 4 is 0 Å². The van der Waals surface area contributed by atoms with Gasteiger partial charge in [-0.05, 0) is 23.8 Å². The summed E-state index contributed by atoms with van der Waals surface area (Å²) in [5.74, 6) is -0.800.